The van der Waals surface area contributed by atoms with Crippen LogP contribution in [0.15, 0.2) is 30.3 Å². The van der Waals surface area contributed by atoms with Crippen molar-refractivity contribution in [3.63, 3.8) is 0 Å². The Morgan fingerprint density at radius 2 is 2.08 bits per heavy atom. The van der Waals surface area contributed by atoms with Crippen molar-refractivity contribution in [3.8, 4) is 5.75 Å². The van der Waals surface area contributed by atoms with Crippen molar-refractivity contribution < 1.29 is 14.3 Å². The lowest BCUT2D eigenvalue weighted by Crippen LogP contribution is -2.14. The van der Waals surface area contributed by atoms with Crippen LogP contribution in [0, 0.1) is 0 Å². The van der Waals surface area contributed by atoms with Gasteiger partial charge in [0.15, 0.2) is 6.79 Å². The predicted octanol–water partition coefficient (Wildman–Crippen LogP) is 5.21. The molecule has 0 aliphatic carbocycles. The summed E-state index contributed by atoms with van der Waals surface area (Å²) < 4.78 is 10.9. The number of amides is 1. The minimum Gasteiger partial charge on any atom is -0.467 e. The zero-order valence-corrected chi connectivity index (χ0v) is 15.9. The molecular formula is C19H20Cl2N2O3. The maximum absolute atomic E-state index is 11.8. The van der Waals surface area contributed by atoms with E-state index in [4.69, 9.17) is 32.7 Å². The minimum atomic E-state index is -0.0157. The van der Waals surface area contributed by atoms with Crippen molar-refractivity contribution in [2.24, 2.45) is 0 Å². The molecule has 0 spiro atoms. The molecule has 1 aliphatic heterocycles. The molecule has 5 nitrogen and oxygen atoms in total. The number of fused-ring (bicyclic) bond motifs is 1. The summed E-state index contributed by atoms with van der Waals surface area (Å²) in [5.41, 5.74) is 3.27. The van der Waals surface area contributed by atoms with Gasteiger partial charge in [-0.3, -0.25) is 4.79 Å². The third-order valence-corrected chi connectivity index (χ3v) is 4.50. The minimum absolute atomic E-state index is 0.0157. The summed E-state index contributed by atoms with van der Waals surface area (Å²) in [6, 6.07) is 9.05. The first-order valence-corrected chi connectivity index (χ1v) is 9.17. The van der Waals surface area contributed by atoms with E-state index in [2.05, 4.69) is 10.6 Å². The van der Waals surface area contributed by atoms with Crippen molar-refractivity contribution in [3.05, 3.63) is 51.5 Å². The summed E-state index contributed by atoms with van der Waals surface area (Å²) in [7, 11) is 0. The standard InChI is InChI=1S/C19H20Cl2N2O3/c1-2-3-18(24)23-15-4-5-16(21)17(8-15)22-9-12-6-14(20)7-13-10-25-11-26-19(12)13/h4-8,22H,2-3,9-11H2,1H3,(H,23,24). The number of carbonyl (C=O) groups excluding carboxylic acids is 1. The predicted molar refractivity (Wildman–Crippen MR) is 104 cm³/mol. The Kier molecular flexibility index (Phi) is 6.25. The monoisotopic (exact) mass is 394 g/mol. The van der Waals surface area contributed by atoms with Gasteiger partial charge >= 0.3 is 0 Å². The van der Waals surface area contributed by atoms with E-state index in [1.54, 1.807) is 12.1 Å². The first-order chi connectivity index (χ1) is 12.6. The summed E-state index contributed by atoms with van der Waals surface area (Å²) in [5.74, 6) is 0.773. The van der Waals surface area contributed by atoms with Gasteiger partial charge < -0.3 is 20.1 Å². The van der Waals surface area contributed by atoms with Gasteiger partial charge in [-0.1, -0.05) is 30.1 Å². The molecule has 138 valence electrons. The topological polar surface area (TPSA) is 59.6 Å². The van der Waals surface area contributed by atoms with Crippen LogP contribution in [0.3, 0.4) is 0 Å². The number of hydrogen-bond acceptors (Lipinski definition) is 4. The second-order valence-electron chi connectivity index (χ2n) is 6.01. The van der Waals surface area contributed by atoms with E-state index in [1.807, 2.05) is 25.1 Å². The molecule has 0 saturated carbocycles. The number of hydrogen-bond donors (Lipinski definition) is 2. The van der Waals surface area contributed by atoms with Gasteiger partial charge in [0.05, 0.1) is 17.3 Å². The molecule has 2 N–H and O–H groups in total. The molecule has 0 aromatic heterocycles. The van der Waals surface area contributed by atoms with Gasteiger partial charge in [-0.05, 0) is 36.8 Å². The number of rotatable bonds is 6. The normalized spacial score (nSPS) is 12.9. The first kappa shape index (κ1) is 18.8. The average molecular weight is 395 g/mol. The summed E-state index contributed by atoms with van der Waals surface area (Å²) in [6.45, 7) is 3.14. The highest BCUT2D eigenvalue weighted by atomic mass is 35.5. The third kappa shape index (κ3) is 4.61. The quantitative estimate of drug-likeness (QED) is 0.705. The van der Waals surface area contributed by atoms with Crippen molar-refractivity contribution in [2.45, 2.75) is 32.9 Å². The molecule has 0 bridgehead atoms. The third-order valence-electron chi connectivity index (χ3n) is 3.95. The molecule has 0 atom stereocenters. The van der Waals surface area contributed by atoms with E-state index < -0.39 is 0 Å². The van der Waals surface area contributed by atoms with Gasteiger partial charge in [-0.25, -0.2) is 0 Å². The van der Waals surface area contributed by atoms with Crippen molar-refractivity contribution in [2.75, 3.05) is 17.4 Å². The van der Waals surface area contributed by atoms with Gasteiger partial charge in [-0.2, -0.15) is 0 Å². The Hall–Kier alpha value is -1.95. The second kappa shape index (κ2) is 8.62. The molecule has 0 fully saturated rings. The highest BCUT2D eigenvalue weighted by molar-refractivity contribution is 6.33. The molecule has 2 aromatic carbocycles. The van der Waals surface area contributed by atoms with Crippen molar-refractivity contribution >= 4 is 40.5 Å². The molecule has 1 amide bonds. The average Bonchev–Trinajstić information content (AvgIpc) is 2.62. The highest BCUT2D eigenvalue weighted by Gasteiger charge is 2.16. The number of nitrogens with one attached hydrogen (secondary N) is 2. The maximum Gasteiger partial charge on any atom is 0.224 e. The molecule has 0 saturated heterocycles. The molecular weight excluding hydrogens is 375 g/mol. The summed E-state index contributed by atoms with van der Waals surface area (Å²) >= 11 is 12.5. The van der Waals surface area contributed by atoms with Crippen LogP contribution in [-0.4, -0.2) is 12.7 Å². The van der Waals surface area contributed by atoms with Gasteiger partial charge in [0.25, 0.3) is 0 Å². The Labute approximate surface area is 162 Å². The smallest absolute Gasteiger partial charge is 0.224 e. The summed E-state index contributed by atoms with van der Waals surface area (Å²) in [6.07, 6.45) is 1.29. The highest BCUT2D eigenvalue weighted by Crippen LogP contribution is 2.33. The van der Waals surface area contributed by atoms with E-state index in [0.717, 1.165) is 29.0 Å². The lowest BCUT2D eigenvalue weighted by Gasteiger charge is -2.21. The van der Waals surface area contributed by atoms with Gasteiger partial charge in [0.2, 0.25) is 5.91 Å². The van der Waals surface area contributed by atoms with E-state index in [1.165, 1.54) is 0 Å². The lowest BCUT2D eigenvalue weighted by molar-refractivity contribution is -0.116. The van der Waals surface area contributed by atoms with Crippen LogP contribution in [0.1, 0.15) is 30.9 Å². The van der Waals surface area contributed by atoms with Crippen LogP contribution in [0.5, 0.6) is 5.75 Å². The van der Waals surface area contributed by atoms with Gasteiger partial charge in [0.1, 0.15) is 5.75 Å². The molecule has 0 radical (unpaired) electrons. The van der Waals surface area contributed by atoms with Crippen LogP contribution >= 0.6 is 23.2 Å². The molecule has 1 heterocycles. The summed E-state index contributed by atoms with van der Waals surface area (Å²) in [5, 5.41) is 7.35. The fourth-order valence-corrected chi connectivity index (χ4v) is 3.22. The molecule has 7 heteroatoms. The van der Waals surface area contributed by atoms with Crippen LogP contribution in [0.4, 0.5) is 11.4 Å². The SMILES string of the molecule is CCCC(=O)Nc1ccc(Cl)c(NCc2cc(Cl)cc3c2OCOC3)c1. The zero-order valence-electron chi connectivity index (χ0n) is 14.4. The number of ether oxygens (including phenoxy) is 2. The zero-order chi connectivity index (χ0) is 18.5. The van der Waals surface area contributed by atoms with E-state index in [9.17, 15) is 4.79 Å². The maximum atomic E-state index is 11.8. The number of halogens is 2. The molecule has 3 rings (SSSR count). The van der Waals surface area contributed by atoms with Crippen LogP contribution in [-0.2, 0) is 22.7 Å². The van der Waals surface area contributed by atoms with Crippen LogP contribution in [0.2, 0.25) is 10.0 Å². The first-order valence-electron chi connectivity index (χ1n) is 8.42. The van der Waals surface area contributed by atoms with E-state index in [0.29, 0.717) is 35.3 Å². The van der Waals surface area contributed by atoms with Gasteiger partial charge in [0, 0.05) is 34.8 Å². The fraction of sp³-hybridized carbons (Fsp3) is 0.316. The lowest BCUT2D eigenvalue weighted by atomic mass is 10.1. The van der Waals surface area contributed by atoms with E-state index in [-0.39, 0.29) is 12.7 Å². The molecule has 0 unspecified atom stereocenters. The van der Waals surface area contributed by atoms with Crippen molar-refractivity contribution in [1.82, 2.24) is 0 Å². The second-order valence-corrected chi connectivity index (χ2v) is 6.85. The van der Waals surface area contributed by atoms with E-state index >= 15 is 0 Å². The van der Waals surface area contributed by atoms with Crippen molar-refractivity contribution in [1.29, 1.82) is 0 Å². The largest absolute Gasteiger partial charge is 0.467 e. The van der Waals surface area contributed by atoms with Crippen LogP contribution < -0.4 is 15.4 Å². The Morgan fingerprint density at radius 1 is 1.23 bits per heavy atom. The van der Waals surface area contributed by atoms with Gasteiger partial charge in [-0.15, -0.1) is 0 Å². The number of carbonyl (C=O) groups is 1. The van der Waals surface area contributed by atoms with Crippen LogP contribution in [0.25, 0.3) is 0 Å². The molecule has 1 aliphatic rings. The fourth-order valence-electron chi connectivity index (χ4n) is 2.77. The Balaban J connectivity index is 1.75. The molecule has 2 aromatic rings. The molecule has 26 heavy (non-hydrogen) atoms. The Bertz CT molecular complexity index is 812. The summed E-state index contributed by atoms with van der Waals surface area (Å²) in [4.78, 5) is 11.8. The number of anilines is 2. The Morgan fingerprint density at radius 3 is 2.88 bits per heavy atom. The number of benzene rings is 2.